The standard InChI is InChI=1S/C15H14FN5O2/c16-13-5-1-2-6-14(13)23-10-12(22)9-21-19-15(18-20-21)11-4-3-7-17-8-11/h1-8,12,22H,9-10H2. The zero-order valence-electron chi connectivity index (χ0n) is 12.1. The molecule has 0 bridgehead atoms. The maximum absolute atomic E-state index is 13.4. The molecule has 0 aliphatic carbocycles. The maximum atomic E-state index is 13.4. The lowest BCUT2D eigenvalue weighted by molar-refractivity contribution is 0.0831. The molecule has 7 nitrogen and oxygen atoms in total. The van der Waals surface area contributed by atoms with Gasteiger partial charge < -0.3 is 9.84 Å². The summed E-state index contributed by atoms with van der Waals surface area (Å²) >= 11 is 0. The Morgan fingerprint density at radius 1 is 1.22 bits per heavy atom. The van der Waals surface area contributed by atoms with Gasteiger partial charge in [0.1, 0.15) is 12.7 Å². The normalized spacial score (nSPS) is 12.1. The zero-order valence-corrected chi connectivity index (χ0v) is 12.1. The number of tetrazole rings is 1. The van der Waals surface area contributed by atoms with Crippen LogP contribution in [0.2, 0.25) is 0 Å². The minimum absolute atomic E-state index is 0.0787. The van der Waals surface area contributed by atoms with Gasteiger partial charge in [0.05, 0.1) is 6.54 Å². The number of ether oxygens (including phenoxy) is 1. The third-order valence-electron chi connectivity index (χ3n) is 3.01. The molecule has 2 aromatic heterocycles. The molecule has 118 valence electrons. The van der Waals surface area contributed by atoms with E-state index in [0.29, 0.717) is 5.82 Å². The van der Waals surface area contributed by atoms with E-state index in [-0.39, 0.29) is 18.9 Å². The van der Waals surface area contributed by atoms with Crippen molar-refractivity contribution in [2.24, 2.45) is 0 Å². The zero-order chi connectivity index (χ0) is 16.1. The molecule has 1 unspecified atom stereocenters. The molecule has 0 aliphatic heterocycles. The second kappa shape index (κ2) is 6.93. The summed E-state index contributed by atoms with van der Waals surface area (Å²) in [7, 11) is 0. The van der Waals surface area contributed by atoms with Crippen LogP contribution in [0.4, 0.5) is 4.39 Å². The third kappa shape index (κ3) is 3.86. The van der Waals surface area contributed by atoms with E-state index >= 15 is 0 Å². The van der Waals surface area contributed by atoms with Gasteiger partial charge in [-0.1, -0.05) is 12.1 Å². The second-order valence-corrected chi connectivity index (χ2v) is 4.80. The molecule has 0 radical (unpaired) electrons. The van der Waals surface area contributed by atoms with E-state index in [1.807, 2.05) is 6.07 Å². The number of halogens is 1. The summed E-state index contributed by atoms with van der Waals surface area (Å²) < 4.78 is 18.6. The monoisotopic (exact) mass is 315 g/mol. The number of hydrogen-bond acceptors (Lipinski definition) is 6. The molecule has 0 saturated heterocycles. The predicted octanol–water partition coefficient (Wildman–Crippen LogP) is 1.31. The molecule has 0 aliphatic rings. The Kier molecular flexibility index (Phi) is 4.53. The average Bonchev–Trinajstić information content (AvgIpc) is 3.03. The number of rotatable bonds is 6. The Hall–Kier alpha value is -2.87. The molecule has 1 atom stereocenters. The maximum Gasteiger partial charge on any atom is 0.206 e. The van der Waals surface area contributed by atoms with E-state index < -0.39 is 11.9 Å². The number of para-hydroxylation sites is 1. The largest absolute Gasteiger partial charge is 0.488 e. The molecule has 0 amide bonds. The van der Waals surface area contributed by atoms with Crippen molar-refractivity contribution in [3.8, 4) is 17.1 Å². The summed E-state index contributed by atoms with van der Waals surface area (Å²) in [6.45, 7) is 0.00636. The molecular weight excluding hydrogens is 301 g/mol. The SMILES string of the molecule is OC(COc1ccccc1F)Cn1nnc(-c2cccnc2)n1. The molecule has 0 spiro atoms. The molecule has 23 heavy (non-hydrogen) atoms. The van der Waals surface area contributed by atoms with Gasteiger partial charge in [0.2, 0.25) is 5.82 Å². The molecule has 1 N–H and O–H groups in total. The van der Waals surface area contributed by atoms with Crippen molar-refractivity contribution in [2.45, 2.75) is 12.6 Å². The number of pyridine rings is 1. The second-order valence-electron chi connectivity index (χ2n) is 4.80. The molecule has 0 fully saturated rings. The number of benzene rings is 1. The summed E-state index contributed by atoms with van der Waals surface area (Å²) in [6, 6.07) is 9.60. The van der Waals surface area contributed by atoms with Crippen LogP contribution in [0, 0.1) is 5.82 Å². The first kappa shape index (κ1) is 15.0. The number of aliphatic hydroxyl groups is 1. The van der Waals surface area contributed by atoms with Crippen molar-refractivity contribution in [1.29, 1.82) is 0 Å². The van der Waals surface area contributed by atoms with Gasteiger partial charge in [-0.25, -0.2) is 4.39 Å². The number of hydrogen-bond donors (Lipinski definition) is 1. The van der Waals surface area contributed by atoms with Gasteiger partial charge in [0.15, 0.2) is 11.6 Å². The van der Waals surface area contributed by atoms with Crippen molar-refractivity contribution >= 4 is 0 Å². The van der Waals surface area contributed by atoms with Crippen LogP contribution in [0.1, 0.15) is 0 Å². The Labute approximate surface area is 131 Å². The number of nitrogens with zero attached hydrogens (tertiary/aromatic N) is 5. The van der Waals surface area contributed by atoms with E-state index in [4.69, 9.17) is 4.74 Å². The van der Waals surface area contributed by atoms with E-state index in [9.17, 15) is 9.50 Å². The highest BCUT2D eigenvalue weighted by molar-refractivity contribution is 5.51. The number of aliphatic hydroxyl groups excluding tert-OH is 1. The molecule has 3 rings (SSSR count). The van der Waals surface area contributed by atoms with Crippen molar-refractivity contribution in [1.82, 2.24) is 25.2 Å². The van der Waals surface area contributed by atoms with E-state index in [2.05, 4.69) is 20.4 Å². The summed E-state index contributed by atoms with van der Waals surface area (Å²) in [6.07, 6.45) is 2.38. The van der Waals surface area contributed by atoms with Crippen LogP contribution in [0.15, 0.2) is 48.8 Å². The lowest BCUT2D eigenvalue weighted by Gasteiger charge is -2.11. The lowest BCUT2D eigenvalue weighted by Crippen LogP contribution is -2.25. The van der Waals surface area contributed by atoms with Crippen LogP contribution in [-0.2, 0) is 6.54 Å². The van der Waals surface area contributed by atoms with Crippen LogP contribution >= 0.6 is 0 Å². The van der Waals surface area contributed by atoms with Crippen LogP contribution in [-0.4, -0.2) is 43.0 Å². The van der Waals surface area contributed by atoms with Gasteiger partial charge in [0.25, 0.3) is 0 Å². The fourth-order valence-electron chi connectivity index (χ4n) is 1.92. The third-order valence-corrected chi connectivity index (χ3v) is 3.01. The highest BCUT2D eigenvalue weighted by Gasteiger charge is 2.12. The highest BCUT2D eigenvalue weighted by Crippen LogP contribution is 2.15. The Bertz CT molecular complexity index is 765. The molecule has 8 heteroatoms. The van der Waals surface area contributed by atoms with Crippen LogP contribution in [0.5, 0.6) is 5.75 Å². The van der Waals surface area contributed by atoms with Crippen LogP contribution in [0.25, 0.3) is 11.4 Å². The van der Waals surface area contributed by atoms with E-state index in [0.717, 1.165) is 5.56 Å². The Balaban J connectivity index is 1.57. The lowest BCUT2D eigenvalue weighted by atomic mass is 10.3. The Morgan fingerprint density at radius 3 is 2.87 bits per heavy atom. The van der Waals surface area contributed by atoms with E-state index in [1.54, 1.807) is 30.6 Å². The van der Waals surface area contributed by atoms with Crippen LogP contribution in [0.3, 0.4) is 0 Å². The van der Waals surface area contributed by atoms with Gasteiger partial charge in [-0.15, -0.1) is 10.2 Å². The Morgan fingerprint density at radius 2 is 2.09 bits per heavy atom. The minimum Gasteiger partial charge on any atom is -0.488 e. The molecule has 0 saturated carbocycles. The first-order valence-electron chi connectivity index (χ1n) is 6.96. The molecular formula is C15H14FN5O2. The van der Waals surface area contributed by atoms with Crippen LogP contribution < -0.4 is 4.74 Å². The quantitative estimate of drug-likeness (QED) is 0.738. The van der Waals surface area contributed by atoms with Crippen molar-refractivity contribution < 1.29 is 14.2 Å². The smallest absolute Gasteiger partial charge is 0.206 e. The van der Waals surface area contributed by atoms with E-state index in [1.165, 1.54) is 16.9 Å². The van der Waals surface area contributed by atoms with Crippen molar-refractivity contribution in [3.05, 3.63) is 54.6 Å². The van der Waals surface area contributed by atoms with Gasteiger partial charge in [-0.05, 0) is 29.5 Å². The summed E-state index contributed by atoms with van der Waals surface area (Å²) in [5.41, 5.74) is 0.732. The highest BCUT2D eigenvalue weighted by atomic mass is 19.1. The number of aromatic nitrogens is 5. The minimum atomic E-state index is -0.898. The fourth-order valence-corrected chi connectivity index (χ4v) is 1.92. The van der Waals surface area contributed by atoms with Crippen molar-refractivity contribution in [2.75, 3.05) is 6.61 Å². The molecule has 2 heterocycles. The summed E-state index contributed by atoms with van der Waals surface area (Å²) in [5.74, 6) is 0.0342. The topological polar surface area (TPSA) is 86.0 Å². The van der Waals surface area contributed by atoms with Gasteiger partial charge in [0, 0.05) is 18.0 Å². The van der Waals surface area contributed by atoms with Crippen molar-refractivity contribution in [3.63, 3.8) is 0 Å². The first-order chi connectivity index (χ1) is 11.2. The summed E-state index contributed by atoms with van der Waals surface area (Å²) in [5, 5.41) is 21.9. The summed E-state index contributed by atoms with van der Waals surface area (Å²) in [4.78, 5) is 5.24. The average molecular weight is 315 g/mol. The van der Waals surface area contributed by atoms with Gasteiger partial charge in [-0.2, -0.15) is 4.80 Å². The fraction of sp³-hybridized carbons (Fsp3) is 0.200. The molecule has 3 aromatic rings. The predicted molar refractivity (Wildman–Crippen MR) is 78.9 cm³/mol. The first-order valence-corrected chi connectivity index (χ1v) is 6.96. The molecule has 1 aromatic carbocycles. The van der Waals surface area contributed by atoms with Gasteiger partial charge >= 0.3 is 0 Å². The van der Waals surface area contributed by atoms with Gasteiger partial charge in [-0.3, -0.25) is 4.98 Å².